The van der Waals surface area contributed by atoms with E-state index in [1.807, 2.05) is 0 Å². The van der Waals surface area contributed by atoms with Gasteiger partial charge in [-0.25, -0.2) is 0 Å². The maximum absolute atomic E-state index is 7.30. The fourth-order valence-corrected chi connectivity index (χ4v) is 0.427. The van der Waals surface area contributed by atoms with Gasteiger partial charge in [-0.1, -0.05) is 0 Å². The molecule has 1 rings (SSSR count). The van der Waals surface area contributed by atoms with Crippen molar-refractivity contribution >= 4 is 26.0 Å². The lowest BCUT2D eigenvalue weighted by Gasteiger charge is -1.93. The summed E-state index contributed by atoms with van der Waals surface area (Å²) >= 11 is 0. The molecule has 0 spiro atoms. The average molecular weight is 225 g/mol. The summed E-state index contributed by atoms with van der Waals surface area (Å²) in [6.45, 7) is 0. The van der Waals surface area contributed by atoms with Gasteiger partial charge in [-0.3, -0.25) is 0 Å². The van der Waals surface area contributed by atoms with Gasteiger partial charge in [-0.2, -0.15) is 34.5 Å². The van der Waals surface area contributed by atoms with Gasteiger partial charge in [0, 0.05) is 0 Å². The predicted molar refractivity (Wildman–Crippen MR) is 48.9 cm³/mol. The van der Waals surface area contributed by atoms with Crippen LogP contribution in [0.25, 0.3) is 0 Å². The van der Waals surface area contributed by atoms with Crippen LogP contribution < -0.4 is 17.2 Å². The summed E-state index contributed by atoms with van der Waals surface area (Å²) in [5.41, 5.74) is 15.4. The highest BCUT2D eigenvalue weighted by atomic mass is 31.2. The van der Waals surface area contributed by atoms with E-state index >= 15 is 0 Å². The van der Waals surface area contributed by atoms with Crippen LogP contribution in [0, 0.1) is 0 Å². The molecule has 0 aromatic carbocycles. The molecule has 0 saturated heterocycles. The van der Waals surface area contributed by atoms with Gasteiger partial charge < -0.3 is 17.2 Å². The molecule has 0 atom stereocenters. The lowest BCUT2D eigenvalue weighted by molar-refractivity contribution is 0.229. The molecule has 10 nitrogen and oxygen atoms in total. The van der Waals surface area contributed by atoms with Crippen molar-refractivity contribution in [3.05, 3.63) is 0 Å². The molecular formula is C3H10N6O4P+. The minimum absolute atomic E-state index is 0.0417. The first-order valence-corrected chi connectivity index (χ1v) is 4.61. The third-order valence-electron chi connectivity index (χ3n) is 0.687. The minimum Gasteiger partial charge on any atom is -0.368 e. The maximum atomic E-state index is 7.30. The molecule has 0 amide bonds. The monoisotopic (exact) mass is 225 g/mol. The van der Waals surface area contributed by atoms with E-state index in [0.717, 1.165) is 0 Å². The number of hydrogen-bond acceptors (Lipinski definition) is 10. The fourth-order valence-electron chi connectivity index (χ4n) is 0.427. The average Bonchev–Trinajstić information content (AvgIpc) is 1.77. The van der Waals surface area contributed by atoms with E-state index in [2.05, 4.69) is 15.0 Å². The molecule has 0 unspecified atom stereocenters. The third kappa shape index (κ3) is 8.77. The summed E-state index contributed by atoms with van der Waals surface area (Å²) in [7, 11) is -4.39. The van der Waals surface area contributed by atoms with Crippen LogP contribution in [0.1, 0.15) is 0 Å². The number of anilines is 3. The van der Waals surface area contributed by atoms with E-state index in [0.29, 0.717) is 0 Å². The van der Waals surface area contributed by atoms with E-state index in [4.69, 9.17) is 36.8 Å². The predicted octanol–water partition coefficient (Wildman–Crippen LogP) is -2.75. The van der Waals surface area contributed by atoms with Crippen molar-refractivity contribution in [1.82, 2.24) is 15.0 Å². The molecule has 1 aromatic heterocycles. The first-order chi connectivity index (χ1) is 6.18. The number of nitrogen functional groups attached to an aromatic ring is 3. The first kappa shape index (κ1) is 12.7. The summed E-state index contributed by atoms with van der Waals surface area (Å²) in [6.07, 6.45) is 0. The van der Waals surface area contributed by atoms with Gasteiger partial charge >= 0.3 is 8.17 Å². The van der Waals surface area contributed by atoms with Gasteiger partial charge in [0.1, 0.15) is 0 Å². The van der Waals surface area contributed by atoms with Gasteiger partial charge in [-0.15, -0.1) is 0 Å². The topological polar surface area (TPSA) is 198 Å². The summed E-state index contributed by atoms with van der Waals surface area (Å²) in [5.74, 6) is 0.125. The van der Waals surface area contributed by atoms with Crippen molar-refractivity contribution in [3.63, 3.8) is 0 Å². The van der Waals surface area contributed by atoms with Gasteiger partial charge in [0.25, 0.3) is 0 Å². The molecule has 10 N–H and O–H groups in total. The van der Waals surface area contributed by atoms with Gasteiger partial charge in [0.15, 0.2) is 0 Å². The Kier molecular flexibility index (Phi) is 4.34. The van der Waals surface area contributed by atoms with Crippen LogP contribution in [-0.4, -0.2) is 34.5 Å². The Bertz CT molecular complexity index is 245. The minimum atomic E-state index is -4.39. The highest BCUT2D eigenvalue weighted by Crippen LogP contribution is 2.37. The molecule has 1 heterocycles. The maximum Gasteiger partial charge on any atom is 0.564 e. The van der Waals surface area contributed by atoms with Crippen molar-refractivity contribution in [2.75, 3.05) is 17.2 Å². The van der Waals surface area contributed by atoms with Crippen LogP contribution in [0.5, 0.6) is 0 Å². The second-order valence-electron chi connectivity index (χ2n) is 1.95. The molecule has 0 aliphatic rings. The third-order valence-corrected chi connectivity index (χ3v) is 0.687. The number of rotatable bonds is 0. The highest BCUT2D eigenvalue weighted by molar-refractivity contribution is 7.52. The molecule has 0 saturated carbocycles. The number of aromatic nitrogens is 3. The normalized spacial score (nSPS) is 10.3. The van der Waals surface area contributed by atoms with Crippen LogP contribution in [0.15, 0.2) is 0 Å². The SMILES string of the molecule is Nc1nc(N)nc(N)n1.O[P+](O)(O)O. The van der Waals surface area contributed by atoms with E-state index in [1.165, 1.54) is 0 Å². The summed E-state index contributed by atoms with van der Waals surface area (Å²) in [4.78, 5) is 39.7. The summed E-state index contributed by atoms with van der Waals surface area (Å²) in [6, 6.07) is 0. The Balaban J connectivity index is 0.000000292. The Morgan fingerprint density at radius 2 is 0.857 bits per heavy atom. The van der Waals surface area contributed by atoms with Crippen molar-refractivity contribution < 1.29 is 19.6 Å². The van der Waals surface area contributed by atoms with E-state index in [9.17, 15) is 0 Å². The molecule has 0 bridgehead atoms. The molecule has 11 heteroatoms. The van der Waals surface area contributed by atoms with E-state index < -0.39 is 8.17 Å². The van der Waals surface area contributed by atoms with Crippen LogP contribution >= 0.6 is 8.17 Å². The second kappa shape index (κ2) is 4.79. The number of nitrogens with zero attached hydrogens (tertiary/aromatic N) is 3. The molecule has 0 fully saturated rings. The number of nitrogens with two attached hydrogens (primary N) is 3. The quantitative estimate of drug-likeness (QED) is 0.227. The zero-order valence-electron chi connectivity index (χ0n) is 6.81. The largest absolute Gasteiger partial charge is 0.564 e. The Morgan fingerprint density at radius 1 is 0.714 bits per heavy atom. The highest BCUT2D eigenvalue weighted by Gasteiger charge is 2.23. The van der Waals surface area contributed by atoms with Gasteiger partial charge in [0.2, 0.25) is 17.8 Å². The van der Waals surface area contributed by atoms with Gasteiger partial charge in [-0.05, 0) is 0 Å². The van der Waals surface area contributed by atoms with Crippen LogP contribution in [-0.2, 0) is 0 Å². The van der Waals surface area contributed by atoms with Crippen molar-refractivity contribution in [2.24, 2.45) is 0 Å². The van der Waals surface area contributed by atoms with E-state index in [-0.39, 0.29) is 17.8 Å². The summed E-state index contributed by atoms with van der Waals surface area (Å²) < 4.78 is 0. The number of hydrogen-bond donors (Lipinski definition) is 7. The molecule has 80 valence electrons. The fraction of sp³-hybridized carbons (Fsp3) is 0. The standard InChI is InChI=1S/C3H6N6.H4O4P/c4-1-7-2(5)9-3(6)8-1;1-5(2,3)4/h(H6,4,5,6,7,8,9);1-4H/q;+1. The lowest BCUT2D eigenvalue weighted by Crippen LogP contribution is -2.05. The van der Waals surface area contributed by atoms with Crippen LogP contribution in [0.2, 0.25) is 0 Å². The molecule has 0 radical (unpaired) electrons. The van der Waals surface area contributed by atoms with Crippen molar-refractivity contribution in [1.29, 1.82) is 0 Å². The summed E-state index contributed by atoms with van der Waals surface area (Å²) in [5, 5.41) is 0. The molecule has 0 aliphatic heterocycles. The molecule has 14 heavy (non-hydrogen) atoms. The first-order valence-electron chi connectivity index (χ1n) is 3.01. The zero-order chi connectivity index (χ0) is 11.4. The Morgan fingerprint density at radius 3 is 1.00 bits per heavy atom. The van der Waals surface area contributed by atoms with Crippen LogP contribution in [0.3, 0.4) is 0 Å². The zero-order valence-corrected chi connectivity index (χ0v) is 7.70. The second-order valence-corrected chi connectivity index (χ2v) is 3.02. The Labute approximate surface area is 78.7 Å². The van der Waals surface area contributed by atoms with Crippen molar-refractivity contribution in [2.45, 2.75) is 0 Å². The molecular weight excluding hydrogens is 215 g/mol. The lowest BCUT2D eigenvalue weighted by atomic mass is 10.9. The molecule has 0 aliphatic carbocycles. The van der Waals surface area contributed by atoms with Crippen LogP contribution in [0.4, 0.5) is 17.8 Å². The Hall–Kier alpha value is -1.32. The smallest absolute Gasteiger partial charge is 0.368 e. The molecule has 1 aromatic rings. The van der Waals surface area contributed by atoms with Gasteiger partial charge in [0.05, 0.1) is 0 Å². The van der Waals surface area contributed by atoms with Crippen molar-refractivity contribution in [3.8, 4) is 0 Å². The van der Waals surface area contributed by atoms with E-state index in [1.54, 1.807) is 0 Å².